The van der Waals surface area contributed by atoms with Crippen LogP contribution in [0.3, 0.4) is 0 Å². The van der Waals surface area contributed by atoms with E-state index in [1.807, 2.05) is 20.8 Å². The highest BCUT2D eigenvalue weighted by atomic mass is 35.5. The van der Waals surface area contributed by atoms with Gasteiger partial charge in [-0.25, -0.2) is 0 Å². The average Bonchev–Trinajstić information content (AvgIpc) is 2.12. The molecule has 0 aliphatic carbocycles. The number of rotatable bonds is 3. The highest BCUT2D eigenvalue weighted by molar-refractivity contribution is 6.35. The van der Waals surface area contributed by atoms with Crippen molar-refractivity contribution in [2.24, 2.45) is 5.73 Å². The molecule has 0 aromatic heterocycles. The van der Waals surface area contributed by atoms with Crippen LogP contribution in [0.15, 0.2) is 18.2 Å². The predicted octanol–water partition coefficient (Wildman–Crippen LogP) is 3.73. The van der Waals surface area contributed by atoms with E-state index >= 15 is 0 Å². The first-order valence-electron chi connectivity index (χ1n) is 5.29. The lowest BCUT2D eigenvalue weighted by molar-refractivity contribution is 0.393. The minimum atomic E-state index is -1.03. The molecule has 0 bridgehead atoms. The van der Waals surface area contributed by atoms with Crippen molar-refractivity contribution in [1.29, 1.82) is 0 Å². The molecule has 5 heteroatoms. The van der Waals surface area contributed by atoms with Crippen molar-refractivity contribution in [2.75, 3.05) is 6.54 Å². The molecule has 1 rings (SSSR count). The number of hydrogen-bond donors (Lipinski definition) is 2. The van der Waals surface area contributed by atoms with E-state index in [4.69, 9.17) is 40.5 Å². The maximum absolute atomic E-state index is 6.31. The third-order valence-corrected chi connectivity index (χ3v) is 3.01. The summed E-state index contributed by atoms with van der Waals surface area (Å²) < 4.78 is 0. The van der Waals surface area contributed by atoms with Gasteiger partial charge in [-0.2, -0.15) is 0 Å². The Hall–Kier alpha value is 0.01000. The number of nitrogens with one attached hydrogen (secondary N) is 1. The Morgan fingerprint density at radius 3 is 2.00 bits per heavy atom. The van der Waals surface area contributed by atoms with Crippen molar-refractivity contribution in [3.63, 3.8) is 0 Å². The van der Waals surface area contributed by atoms with Crippen LogP contribution < -0.4 is 11.1 Å². The SMILES string of the molecule is CC(C)(C)NCC(N)(Cl)c1cc(Cl)cc(Cl)c1. The van der Waals surface area contributed by atoms with Gasteiger partial charge in [0.2, 0.25) is 0 Å². The van der Waals surface area contributed by atoms with E-state index in [9.17, 15) is 0 Å². The Kier molecular flexibility index (Phi) is 4.73. The first-order valence-corrected chi connectivity index (χ1v) is 6.43. The highest BCUT2D eigenvalue weighted by Crippen LogP contribution is 2.28. The molecule has 0 radical (unpaired) electrons. The van der Waals surface area contributed by atoms with Gasteiger partial charge in [0.15, 0.2) is 0 Å². The Bertz CT molecular complexity index is 377. The van der Waals surface area contributed by atoms with Crippen LogP contribution in [0.5, 0.6) is 0 Å². The fourth-order valence-electron chi connectivity index (χ4n) is 1.29. The van der Waals surface area contributed by atoms with E-state index in [-0.39, 0.29) is 5.54 Å². The minimum absolute atomic E-state index is 0.0537. The summed E-state index contributed by atoms with van der Waals surface area (Å²) in [6, 6.07) is 5.10. The molecular formula is C12H17Cl3N2. The maximum atomic E-state index is 6.31. The minimum Gasteiger partial charge on any atom is -0.309 e. The zero-order valence-electron chi connectivity index (χ0n) is 10.2. The van der Waals surface area contributed by atoms with Gasteiger partial charge in [-0.05, 0) is 44.5 Å². The van der Waals surface area contributed by atoms with Crippen molar-refractivity contribution < 1.29 is 0 Å². The zero-order chi connectivity index (χ0) is 13.3. The lowest BCUT2D eigenvalue weighted by Gasteiger charge is -2.29. The third kappa shape index (κ3) is 5.02. The molecule has 1 atom stereocenters. The van der Waals surface area contributed by atoms with Crippen LogP contribution in [0.4, 0.5) is 0 Å². The van der Waals surface area contributed by atoms with E-state index < -0.39 is 5.00 Å². The van der Waals surface area contributed by atoms with Gasteiger partial charge in [-0.3, -0.25) is 0 Å². The lowest BCUT2D eigenvalue weighted by atomic mass is 10.0. The summed E-state index contributed by atoms with van der Waals surface area (Å²) in [4.78, 5) is -1.03. The highest BCUT2D eigenvalue weighted by Gasteiger charge is 2.26. The quantitative estimate of drug-likeness (QED) is 0.658. The second-order valence-electron chi connectivity index (χ2n) is 5.12. The summed E-state index contributed by atoms with van der Waals surface area (Å²) in [6.07, 6.45) is 0. The molecule has 1 aromatic carbocycles. The van der Waals surface area contributed by atoms with E-state index in [0.717, 1.165) is 0 Å². The number of hydrogen-bond acceptors (Lipinski definition) is 2. The van der Waals surface area contributed by atoms with E-state index in [0.29, 0.717) is 22.2 Å². The Labute approximate surface area is 117 Å². The summed E-state index contributed by atoms with van der Waals surface area (Å²) in [6.45, 7) is 6.56. The second-order valence-corrected chi connectivity index (χ2v) is 6.67. The first kappa shape index (κ1) is 15.1. The van der Waals surface area contributed by atoms with Gasteiger partial charge in [-0.15, -0.1) is 0 Å². The third-order valence-electron chi connectivity index (χ3n) is 2.22. The molecule has 96 valence electrons. The van der Waals surface area contributed by atoms with Gasteiger partial charge in [0, 0.05) is 22.1 Å². The van der Waals surface area contributed by atoms with Crippen molar-refractivity contribution in [2.45, 2.75) is 31.3 Å². The van der Waals surface area contributed by atoms with E-state index in [1.54, 1.807) is 18.2 Å². The molecule has 0 aliphatic rings. The fourth-order valence-corrected chi connectivity index (χ4v) is 1.99. The Balaban J connectivity index is 2.88. The molecule has 0 amide bonds. The molecule has 2 nitrogen and oxygen atoms in total. The van der Waals surface area contributed by atoms with Crippen LogP contribution >= 0.6 is 34.8 Å². The van der Waals surface area contributed by atoms with Gasteiger partial charge in [-0.1, -0.05) is 34.8 Å². The van der Waals surface area contributed by atoms with Crippen LogP contribution in [0, 0.1) is 0 Å². The second kappa shape index (κ2) is 5.33. The molecule has 0 spiro atoms. The summed E-state index contributed by atoms with van der Waals surface area (Å²) in [5, 5.41) is 4.31. The predicted molar refractivity (Wildman–Crippen MR) is 75.9 cm³/mol. The van der Waals surface area contributed by atoms with Crippen molar-refractivity contribution in [1.82, 2.24) is 5.32 Å². The molecule has 0 saturated carbocycles. The van der Waals surface area contributed by atoms with E-state index in [2.05, 4.69) is 5.32 Å². The molecule has 0 saturated heterocycles. The molecule has 3 N–H and O–H groups in total. The van der Waals surface area contributed by atoms with Crippen LogP contribution in [-0.4, -0.2) is 12.1 Å². The molecular weight excluding hydrogens is 279 g/mol. The van der Waals surface area contributed by atoms with Crippen LogP contribution in [0.2, 0.25) is 10.0 Å². The van der Waals surface area contributed by atoms with Gasteiger partial charge >= 0.3 is 0 Å². The zero-order valence-corrected chi connectivity index (χ0v) is 12.4. The average molecular weight is 296 g/mol. The monoisotopic (exact) mass is 294 g/mol. The maximum Gasteiger partial charge on any atom is 0.129 e. The normalized spacial score (nSPS) is 15.7. The number of halogens is 3. The number of alkyl halides is 1. The first-order chi connectivity index (χ1) is 7.60. The topological polar surface area (TPSA) is 38.0 Å². The van der Waals surface area contributed by atoms with E-state index in [1.165, 1.54) is 0 Å². The molecule has 0 aliphatic heterocycles. The Morgan fingerprint density at radius 1 is 1.12 bits per heavy atom. The summed E-state index contributed by atoms with van der Waals surface area (Å²) in [7, 11) is 0. The summed E-state index contributed by atoms with van der Waals surface area (Å²) >= 11 is 18.2. The van der Waals surface area contributed by atoms with Crippen LogP contribution in [-0.2, 0) is 5.00 Å². The molecule has 1 unspecified atom stereocenters. The van der Waals surface area contributed by atoms with Crippen LogP contribution in [0.25, 0.3) is 0 Å². The summed E-state index contributed by atoms with van der Waals surface area (Å²) in [5.74, 6) is 0. The van der Waals surface area contributed by atoms with Crippen molar-refractivity contribution >= 4 is 34.8 Å². The van der Waals surface area contributed by atoms with Crippen molar-refractivity contribution in [3.05, 3.63) is 33.8 Å². The Morgan fingerprint density at radius 2 is 1.59 bits per heavy atom. The van der Waals surface area contributed by atoms with Crippen molar-refractivity contribution in [3.8, 4) is 0 Å². The molecule has 0 fully saturated rings. The lowest BCUT2D eigenvalue weighted by Crippen LogP contribution is -2.47. The van der Waals surface area contributed by atoms with Crippen LogP contribution in [0.1, 0.15) is 26.3 Å². The van der Waals surface area contributed by atoms with Gasteiger partial charge in [0.05, 0.1) is 0 Å². The smallest absolute Gasteiger partial charge is 0.129 e. The summed E-state index contributed by atoms with van der Waals surface area (Å²) in [5.41, 5.74) is 6.72. The standard InChI is InChI=1S/C12H17Cl3N2/c1-11(2,3)17-7-12(15,16)8-4-9(13)6-10(14)5-8/h4-6,17H,7,16H2,1-3H3. The molecule has 1 aromatic rings. The largest absolute Gasteiger partial charge is 0.309 e. The van der Waals surface area contributed by atoms with Gasteiger partial charge < -0.3 is 11.1 Å². The van der Waals surface area contributed by atoms with Gasteiger partial charge in [0.25, 0.3) is 0 Å². The number of nitrogens with two attached hydrogens (primary N) is 1. The fraction of sp³-hybridized carbons (Fsp3) is 0.500. The van der Waals surface area contributed by atoms with Gasteiger partial charge in [0.1, 0.15) is 5.00 Å². The number of benzene rings is 1. The molecule has 17 heavy (non-hydrogen) atoms. The molecule has 0 heterocycles.